The first-order valence-corrected chi connectivity index (χ1v) is 11.9. The highest BCUT2D eigenvalue weighted by atomic mass is 16.5. The van der Waals surface area contributed by atoms with Crippen LogP contribution in [0.4, 0.5) is 0 Å². The second kappa shape index (κ2) is 8.88. The predicted molar refractivity (Wildman–Crippen MR) is 128 cm³/mol. The van der Waals surface area contributed by atoms with Crippen molar-refractivity contribution in [1.29, 1.82) is 0 Å². The van der Waals surface area contributed by atoms with E-state index in [4.69, 9.17) is 9.72 Å². The zero-order valence-corrected chi connectivity index (χ0v) is 19.8. The Kier molecular flexibility index (Phi) is 5.93. The van der Waals surface area contributed by atoms with Crippen LogP contribution < -0.4 is 0 Å². The molecular formula is C26H33N5O2. The largest absolute Gasteiger partial charge is 0.378 e. The lowest BCUT2D eigenvalue weighted by atomic mass is 9.89. The molecule has 2 saturated heterocycles. The molecule has 2 aromatic heterocycles. The molecule has 1 atom stereocenters. The van der Waals surface area contributed by atoms with E-state index in [-0.39, 0.29) is 11.3 Å². The topological polar surface area (TPSA) is 74.4 Å². The molecule has 2 fully saturated rings. The number of nitrogens with one attached hydrogen (secondary N) is 1. The van der Waals surface area contributed by atoms with E-state index in [1.165, 1.54) is 11.3 Å². The van der Waals surface area contributed by atoms with Gasteiger partial charge in [0.15, 0.2) is 0 Å². The maximum absolute atomic E-state index is 13.4. The van der Waals surface area contributed by atoms with Gasteiger partial charge in [-0.05, 0) is 25.1 Å². The van der Waals surface area contributed by atoms with E-state index in [0.29, 0.717) is 32.2 Å². The van der Waals surface area contributed by atoms with Crippen molar-refractivity contribution < 1.29 is 9.53 Å². The summed E-state index contributed by atoms with van der Waals surface area (Å²) in [5, 5.41) is 8.43. The molecule has 0 bridgehead atoms. The molecule has 174 valence electrons. The second-order valence-electron chi connectivity index (χ2n) is 10.3. The molecule has 3 aromatic rings. The Hall–Kier alpha value is -2.77. The minimum Gasteiger partial charge on any atom is -0.378 e. The number of fused-ring (bicyclic) bond motifs is 1. The van der Waals surface area contributed by atoms with Gasteiger partial charge >= 0.3 is 0 Å². The highest BCUT2D eigenvalue weighted by Gasteiger charge is 2.29. The summed E-state index contributed by atoms with van der Waals surface area (Å²) in [7, 11) is 0. The summed E-state index contributed by atoms with van der Waals surface area (Å²) < 4.78 is 5.44. The second-order valence-corrected chi connectivity index (χ2v) is 10.3. The van der Waals surface area contributed by atoms with E-state index in [1.807, 2.05) is 41.4 Å². The van der Waals surface area contributed by atoms with Crippen molar-refractivity contribution in [3.05, 3.63) is 59.0 Å². The van der Waals surface area contributed by atoms with Gasteiger partial charge in [0.2, 0.25) is 0 Å². The number of pyridine rings is 1. The molecule has 2 aliphatic heterocycles. The van der Waals surface area contributed by atoms with Crippen LogP contribution in [0.5, 0.6) is 0 Å². The standard InChI is InChI=1S/C26H33N5O2/c1-26(2,3)24-19(15-27-29-24)17-30-9-8-18(16-30)23-14-21(20-6-4-5-7-22(20)28-23)25(32)31-10-12-33-13-11-31/h4-7,14-15,18H,8-13,16-17H2,1-3H3,(H,27,29). The van der Waals surface area contributed by atoms with E-state index in [0.717, 1.165) is 48.2 Å². The van der Waals surface area contributed by atoms with Crippen molar-refractivity contribution in [1.82, 2.24) is 25.0 Å². The third-order valence-electron chi connectivity index (χ3n) is 6.82. The predicted octanol–water partition coefficient (Wildman–Crippen LogP) is 3.72. The van der Waals surface area contributed by atoms with Gasteiger partial charge in [-0.2, -0.15) is 5.10 Å². The van der Waals surface area contributed by atoms with Gasteiger partial charge in [0.25, 0.3) is 5.91 Å². The molecule has 0 aliphatic carbocycles. The zero-order chi connectivity index (χ0) is 23.0. The number of benzene rings is 1. The van der Waals surface area contributed by atoms with Crippen molar-refractivity contribution in [3.63, 3.8) is 0 Å². The number of para-hydroxylation sites is 1. The number of hydrogen-bond donors (Lipinski definition) is 1. The molecule has 2 aliphatic rings. The first kappa shape index (κ1) is 22.0. The minimum atomic E-state index is 0.0413. The molecule has 4 heterocycles. The molecule has 0 spiro atoms. The summed E-state index contributed by atoms with van der Waals surface area (Å²) in [4.78, 5) is 22.8. The van der Waals surface area contributed by atoms with Gasteiger partial charge in [-0.15, -0.1) is 0 Å². The number of carbonyl (C=O) groups excluding carboxylic acids is 1. The molecule has 33 heavy (non-hydrogen) atoms. The molecule has 5 rings (SSSR count). The Morgan fingerprint density at radius 2 is 1.97 bits per heavy atom. The van der Waals surface area contributed by atoms with Crippen LogP contribution in [-0.4, -0.2) is 70.3 Å². The van der Waals surface area contributed by atoms with Crippen molar-refractivity contribution >= 4 is 16.8 Å². The Morgan fingerprint density at radius 1 is 1.18 bits per heavy atom. The van der Waals surface area contributed by atoms with Crippen LogP contribution in [0.2, 0.25) is 0 Å². The van der Waals surface area contributed by atoms with Gasteiger partial charge in [-0.3, -0.25) is 19.8 Å². The average molecular weight is 448 g/mol. The third kappa shape index (κ3) is 4.52. The van der Waals surface area contributed by atoms with Crippen molar-refractivity contribution in [3.8, 4) is 0 Å². The highest BCUT2D eigenvalue weighted by Crippen LogP contribution is 2.32. The maximum atomic E-state index is 13.4. The fraction of sp³-hybridized carbons (Fsp3) is 0.500. The average Bonchev–Trinajstić information content (AvgIpc) is 3.48. The normalized spacial score (nSPS) is 20.0. The van der Waals surface area contributed by atoms with Gasteiger partial charge in [-0.25, -0.2) is 0 Å². The number of ether oxygens (including phenoxy) is 1. The SMILES string of the molecule is CC(C)(C)c1[nH]ncc1CN1CCC(c2cc(C(=O)N3CCOCC3)c3ccccc3n2)C1. The number of H-pyrrole nitrogens is 1. The number of hydrogen-bond acceptors (Lipinski definition) is 5. The van der Waals surface area contributed by atoms with Crippen LogP contribution in [0.15, 0.2) is 36.5 Å². The summed E-state index contributed by atoms with van der Waals surface area (Å²) in [6, 6.07) is 10.0. The Morgan fingerprint density at radius 3 is 2.76 bits per heavy atom. The number of rotatable bonds is 4. The van der Waals surface area contributed by atoms with Crippen LogP contribution in [0.3, 0.4) is 0 Å². The molecule has 1 unspecified atom stereocenters. The van der Waals surface area contributed by atoms with E-state index < -0.39 is 0 Å². The van der Waals surface area contributed by atoms with Gasteiger partial charge < -0.3 is 9.64 Å². The lowest BCUT2D eigenvalue weighted by molar-refractivity contribution is 0.0304. The first-order valence-electron chi connectivity index (χ1n) is 11.9. The number of carbonyl (C=O) groups is 1. The van der Waals surface area contributed by atoms with Gasteiger partial charge in [0.05, 0.1) is 30.5 Å². The molecule has 1 amide bonds. The molecule has 7 nitrogen and oxygen atoms in total. The number of aromatic nitrogens is 3. The zero-order valence-electron chi connectivity index (χ0n) is 19.8. The molecule has 7 heteroatoms. The van der Waals surface area contributed by atoms with Crippen molar-refractivity contribution in [2.75, 3.05) is 39.4 Å². The van der Waals surface area contributed by atoms with E-state index in [1.54, 1.807) is 0 Å². The van der Waals surface area contributed by atoms with E-state index in [2.05, 4.69) is 35.9 Å². The molecular weight excluding hydrogens is 414 g/mol. The smallest absolute Gasteiger partial charge is 0.254 e. The van der Waals surface area contributed by atoms with Crippen LogP contribution in [-0.2, 0) is 16.7 Å². The number of amides is 1. The highest BCUT2D eigenvalue weighted by molar-refractivity contribution is 6.06. The quantitative estimate of drug-likeness (QED) is 0.660. The van der Waals surface area contributed by atoms with Crippen LogP contribution in [0.1, 0.15) is 60.4 Å². The molecule has 0 radical (unpaired) electrons. The lowest BCUT2D eigenvalue weighted by Gasteiger charge is -2.27. The summed E-state index contributed by atoms with van der Waals surface area (Å²) in [5.41, 5.74) is 5.19. The Balaban J connectivity index is 1.39. The molecule has 0 saturated carbocycles. The fourth-order valence-corrected chi connectivity index (χ4v) is 5.06. The summed E-state index contributed by atoms with van der Waals surface area (Å²) >= 11 is 0. The van der Waals surface area contributed by atoms with Crippen molar-refractivity contribution in [2.45, 2.75) is 45.1 Å². The first-order chi connectivity index (χ1) is 15.9. The van der Waals surface area contributed by atoms with Gasteiger partial charge in [-0.1, -0.05) is 39.0 Å². The summed E-state index contributed by atoms with van der Waals surface area (Å²) in [6.45, 7) is 12.0. The number of likely N-dealkylation sites (tertiary alicyclic amines) is 1. The van der Waals surface area contributed by atoms with E-state index in [9.17, 15) is 4.79 Å². The Labute approximate surface area is 195 Å². The van der Waals surface area contributed by atoms with Gasteiger partial charge in [0.1, 0.15) is 0 Å². The van der Waals surface area contributed by atoms with E-state index >= 15 is 0 Å². The van der Waals surface area contributed by atoms with Crippen molar-refractivity contribution in [2.24, 2.45) is 0 Å². The number of aromatic amines is 1. The molecule has 1 aromatic carbocycles. The minimum absolute atomic E-state index is 0.0413. The maximum Gasteiger partial charge on any atom is 0.254 e. The molecule has 1 N–H and O–H groups in total. The van der Waals surface area contributed by atoms with Crippen LogP contribution >= 0.6 is 0 Å². The lowest BCUT2D eigenvalue weighted by Crippen LogP contribution is -2.40. The summed E-state index contributed by atoms with van der Waals surface area (Å²) in [6.07, 6.45) is 3.00. The summed E-state index contributed by atoms with van der Waals surface area (Å²) in [5.74, 6) is 0.400. The van der Waals surface area contributed by atoms with Crippen LogP contribution in [0, 0.1) is 0 Å². The monoisotopic (exact) mass is 447 g/mol. The van der Waals surface area contributed by atoms with Crippen LogP contribution in [0.25, 0.3) is 10.9 Å². The fourth-order valence-electron chi connectivity index (χ4n) is 5.06. The number of morpholine rings is 1. The van der Waals surface area contributed by atoms with Gasteiger partial charge in [0, 0.05) is 59.8 Å². The number of nitrogens with zero attached hydrogens (tertiary/aromatic N) is 4. The Bertz CT molecular complexity index is 1140. The third-order valence-corrected chi connectivity index (χ3v) is 6.82.